The lowest BCUT2D eigenvalue weighted by Crippen LogP contribution is -2.60. The fraction of sp³-hybridized carbons (Fsp3) is 0.946. The zero-order chi connectivity index (χ0) is 33.2. The number of nitrogens with one attached hydrogen (secondary N) is 2. The summed E-state index contributed by atoms with van der Waals surface area (Å²) >= 11 is 0. The van der Waals surface area contributed by atoms with E-state index in [4.69, 9.17) is 14.2 Å². The molecule has 8 unspecified atom stereocenters. The van der Waals surface area contributed by atoms with Crippen LogP contribution in [0.25, 0.3) is 0 Å². The van der Waals surface area contributed by atoms with Gasteiger partial charge in [-0.2, -0.15) is 0 Å². The SMILES string of the molecule is CC(C)C(OC(=O)N(C)C)C1C[C@@H](C)[C@H]2C(O1)[C@H](O)[C@@]1(C)C3CC[C@H]4C(C)(C)C(OC(=O)NC5CNC5)CCC45CC35CCC21C. The first-order valence-electron chi connectivity index (χ1n) is 18.4. The molecule has 2 aliphatic heterocycles. The monoisotopic (exact) mass is 643 g/mol. The van der Waals surface area contributed by atoms with Gasteiger partial charge in [0.1, 0.15) is 12.2 Å². The van der Waals surface area contributed by atoms with Crippen molar-refractivity contribution < 1.29 is 28.9 Å². The van der Waals surface area contributed by atoms with Crippen LogP contribution in [0, 0.1) is 56.7 Å². The minimum absolute atomic E-state index is 0.0219. The quantitative estimate of drug-likeness (QED) is 0.359. The molecule has 7 fully saturated rings. The molecule has 2 spiro atoms. The number of hydrogen-bond acceptors (Lipinski definition) is 7. The Labute approximate surface area is 276 Å². The summed E-state index contributed by atoms with van der Waals surface area (Å²) in [6.07, 6.45) is 6.61. The normalized spacial score (nSPS) is 49.2. The lowest BCUT2D eigenvalue weighted by Gasteiger charge is -2.63. The summed E-state index contributed by atoms with van der Waals surface area (Å²) in [4.78, 5) is 26.9. The number of rotatable bonds is 5. The summed E-state index contributed by atoms with van der Waals surface area (Å²) in [6, 6.07) is 0.179. The highest BCUT2D eigenvalue weighted by Crippen LogP contribution is 2.89. The number of amides is 2. The van der Waals surface area contributed by atoms with Crippen LogP contribution < -0.4 is 10.6 Å². The summed E-state index contributed by atoms with van der Waals surface area (Å²) in [5.41, 5.74) is 0.146. The molecule has 13 atom stereocenters. The van der Waals surface area contributed by atoms with Gasteiger partial charge in [0.2, 0.25) is 0 Å². The average molecular weight is 644 g/mol. The minimum Gasteiger partial charge on any atom is -0.446 e. The first-order chi connectivity index (χ1) is 21.5. The second-order valence-corrected chi connectivity index (χ2v) is 18.4. The molecule has 0 aromatic heterocycles. The maximum atomic E-state index is 12.8. The van der Waals surface area contributed by atoms with Crippen LogP contribution in [0.2, 0.25) is 0 Å². The molecule has 0 aromatic carbocycles. The van der Waals surface area contributed by atoms with E-state index in [9.17, 15) is 14.7 Å². The van der Waals surface area contributed by atoms with Crippen LogP contribution in [0.15, 0.2) is 0 Å². The van der Waals surface area contributed by atoms with Crippen LogP contribution in [-0.4, -0.2) is 85.9 Å². The van der Waals surface area contributed by atoms with Crippen molar-refractivity contribution in [2.45, 2.75) is 136 Å². The van der Waals surface area contributed by atoms with Gasteiger partial charge in [0.25, 0.3) is 0 Å². The van der Waals surface area contributed by atoms with E-state index in [2.05, 4.69) is 59.1 Å². The minimum atomic E-state index is -0.557. The molecule has 0 radical (unpaired) electrons. The third-order valence-corrected chi connectivity index (χ3v) is 15.7. The first-order valence-corrected chi connectivity index (χ1v) is 18.4. The molecule has 2 heterocycles. The number of aliphatic hydroxyl groups excluding tert-OH is 1. The number of hydrogen-bond donors (Lipinski definition) is 3. The Morgan fingerprint density at radius 1 is 1.00 bits per heavy atom. The molecular weight excluding hydrogens is 582 g/mol. The van der Waals surface area contributed by atoms with E-state index in [0.717, 1.165) is 51.6 Å². The van der Waals surface area contributed by atoms with Gasteiger partial charge in [0.05, 0.1) is 24.4 Å². The fourth-order valence-electron chi connectivity index (χ4n) is 13.3. The smallest absolute Gasteiger partial charge is 0.409 e. The van der Waals surface area contributed by atoms with Gasteiger partial charge in [0, 0.05) is 38.0 Å². The molecule has 5 aliphatic carbocycles. The molecule has 9 heteroatoms. The molecule has 7 rings (SSSR count). The number of alkyl carbamates (subject to hydrolysis) is 1. The second-order valence-electron chi connectivity index (χ2n) is 18.4. The van der Waals surface area contributed by atoms with Gasteiger partial charge in [-0.1, -0.05) is 48.5 Å². The van der Waals surface area contributed by atoms with E-state index >= 15 is 0 Å². The highest BCUT2D eigenvalue weighted by molar-refractivity contribution is 5.68. The second kappa shape index (κ2) is 10.7. The number of aliphatic hydroxyl groups is 1. The lowest BCUT2D eigenvalue weighted by atomic mass is 9.41. The molecule has 0 aromatic rings. The van der Waals surface area contributed by atoms with E-state index in [-0.39, 0.29) is 81.6 Å². The van der Waals surface area contributed by atoms with Crippen molar-refractivity contribution >= 4 is 12.2 Å². The van der Waals surface area contributed by atoms with E-state index in [0.29, 0.717) is 17.8 Å². The van der Waals surface area contributed by atoms with Crippen molar-refractivity contribution in [3.63, 3.8) is 0 Å². The van der Waals surface area contributed by atoms with Gasteiger partial charge in [-0.25, -0.2) is 9.59 Å². The van der Waals surface area contributed by atoms with Crippen molar-refractivity contribution in [3.8, 4) is 0 Å². The summed E-state index contributed by atoms with van der Waals surface area (Å²) in [6.45, 7) is 17.8. The Kier molecular flexibility index (Phi) is 7.67. The van der Waals surface area contributed by atoms with Gasteiger partial charge in [-0.3, -0.25) is 0 Å². The van der Waals surface area contributed by atoms with E-state index in [1.807, 2.05) is 0 Å². The topological polar surface area (TPSA) is 109 Å². The molecule has 0 bridgehead atoms. The highest BCUT2D eigenvalue weighted by atomic mass is 16.6. The maximum absolute atomic E-state index is 12.8. The van der Waals surface area contributed by atoms with Crippen molar-refractivity contribution in [2.75, 3.05) is 27.2 Å². The fourth-order valence-corrected chi connectivity index (χ4v) is 13.3. The maximum Gasteiger partial charge on any atom is 0.409 e. The number of ether oxygens (including phenoxy) is 3. The Hall–Kier alpha value is -1.58. The van der Waals surface area contributed by atoms with Crippen molar-refractivity contribution in [1.82, 2.24) is 15.5 Å². The Morgan fingerprint density at radius 3 is 2.30 bits per heavy atom. The lowest BCUT2D eigenvalue weighted by molar-refractivity contribution is -0.185. The van der Waals surface area contributed by atoms with Crippen LogP contribution in [0.5, 0.6) is 0 Å². The van der Waals surface area contributed by atoms with Crippen LogP contribution in [0.4, 0.5) is 9.59 Å². The Balaban J connectivity index is 1.13. The van der Waals surface area contributed by atoms with E-state index < -0.39 is 6.10 Å². The molecule has 260 valence electrons. The van der Waals surface area contributed by atoms with Crippen molar-refractivity contribution in [3.05, 3.63) is 0 Å². The van der Waals surface area contributed by atoms with Crippen LogP contribution >= 0.6 is 0 Å². The molecule has 9 nitrogen and oxygen atoms in total. The zero-order valence-corrected chi connectivity index (χ0v) is 29.9. The van der Waals surface area contributed by atoms with Crippen molar-refractivity contribution in [2.24, 2.45) is 56.7 Å². The Morgan fingerprint density at radius 2 is 1.67 bits per heavy atom. The Bertz CT molecular complexity index is 1240. The summed E-state index contributed by atoms with van der Waals surface area (Å²) in [7, 11) is 3.43. The largest absolute Gasteiger partial charge is 0.446 e. The van der Waals surface area contributed by atoms with Gasteiger partial charge in [-0.15, -0.1) is 0 Å². The van der Waals surface area contributed by atoms with E-state index in [1.54, 1.807) is 14.1 Å². The molecule has 7 aliphatic rings. The average Bonchev–Trinajstić information content (AvgIpc) is 3.59. The standard InChI is InChI=1S/C37H61N3O6/c1-20(2)28(46-32(43)40(8)9)23-16-21(3)27-29(44-23)30(41)35(7)25-11-10-24-33(4,5)26(45-31(42)39-22-17-38-18-22)12-13-36(24)19-37(25,36)15-14-34(27,35)6/h20-30,38,41H,10-19H2,1-9H3,(H,39,42)/t21-,23?,24+,25?,26?,27+,28?,29?,30+,34?,35-,36?,37?/m1/s1. The molecule has 2 amide bonds. The molecular formula is C37H61N3O6. The number of fused-ring (bicyclic) bond motifs is 4. The van der Waals surface area contributed by atoms with Gasteiger partial charge >= 0.3 is 12.2 Å². The van der Waals surface area contributed by atoms with Gasteiger partial charge in [-0.05, 0) is 97.2 Å². The van der Waals surface area contributed by atoms with Crippen molar-refractivity contribution in [1.29, 1.82) is 0 Å². The zero-order valence-electron chi connectivity index (χ0n) is 29.9. The summed E-state index contributed by atoms with van der Waals surface area (Å²) in [5, 5.41) is 18.8. The highest BCUT2D eigenvalue weighted by Gasteiger charge is 2.84. The number of carbonyl (C=O) groups excluding carboxylic acids is 2. The van der Waals surface area contributed by atoms with Crippen LogP contribution in [-0.2, 0) is 14.2 Å². The predicted molar refractivity (Wildman–Crippen MR) is 175 cm³/mol. The molecule has 3 N–H and O–H groups in total. The summed E-state index contributed by atoms with van der Waals surface area (Å²) < 4.78 is 19.1. The third kappa shape index (κ3) is 4.28. The first kappa shape index (κ1) is 32.9. The molecule has 2 saturated heterocycles. The van der Waals surface area contributed by atoms with Gasteiger partial charge in [0.15, 0.2) is 0 Å². The van der Waals surface area contributed by atoms with E-state index in [1.165, 1.54) is 17.7 Å². The summed E-state index contributed by atoms with van der Waals surface area (Å²) in [5.74, 6) is 1.70. The van der Waals surface area contributed by atoms with Crippen LogP contribution in [0.1, 0.15) is 99.8 Å². The molecule has 46 heavy (non-hydrogen) atoms. The third-order valence-electron chi connectivity index (χ3n) is 15.7. The number of nitrogens with zero attached hydrogens (tertiary/aromatic N) is 1. The van der Waals surface area contributed by atoms with Crippen LogP contribution in [0.3, 0.4) is 0 Å². The number of carbonyl (C=O) groups is 2. The molecule has 5 saturated carbocycles. The predicted octanol–water partition coefficient (Wildman–Crippen LogP) is 5.59. The van der Waals surface area contributed by atoms with Gasteiger partial charge < -0.3 is 34.9 Å².